The average molecular weight is 142 g/mol. The first-order chi connectivity index (χ1) is 4.72. The van der Waals surface area contributed by atoms with Gasteiger partial charge < -0.3 is 9.84 Å². The fourth-order valence-electron chi connectivity index (χ4n) is 0.512. The van der Waals surface area contributed by atoms with E-state index in [0.29, 0.717) is 6.42 Å². The maximum Gasteiger partial charge on any atom is 0.332 e. The second-order valence-electron chi connectivity index (χ2n) is 1.75. The molecule has 0 aromatic heterocycles. The van der Waals surface area contributed by atoms with Crippen LogP contribution in [0.15, 0.2) is 0 Å². The van der Waals surface area contributed by atoms with E-state index in [1.807, 2.05) is 0 Å². The highest BCUT2D eigenvalue weighted by Gasteiger charge is 2.13. The van der Waals surface area contributed by atoms with E-state index in [-0.39, 0.29) is 6.61 Å². The lowest BCUT2D eigenvalue weighted by molar-refractivity contribution is -0.149. The van der Waals surface area contributed by atoms with Crippen LogP contribution in [0, 0.1) is 12.3 Å². The molecule has 0 aliphatic rings. The molecule has 0 rings (SSSR count). The highest BCUT2D eigenvalue weighted by atomic mass is 16.5. The molecule has 0 unspecified atom stereocenters. The Hall–Kier alpha value is -1.01. The lowest BCUT2D eigenvalue weighted by atomic mass is 10.3. The van der Waals surface area contributed by atoms with Crippen LogP contribution in [-0.4, -0.2) is 23.8 Å². The number of carboxylic acids is 1. The van der Waals surface area contributed by atoms with Gasteiger partial charge in [0.2, 0.25) is 0 Å². The van der Waals surface area contributed by atoms with Gasteiger partial charge in [-0.15, -0.1) is 6.42 Å². The number of terminal acetylenes is 1. The average Bonchev–Trinajstić information content (AvgIpc) is 1.89. The molecule has 0 heterocycles. The molecular formula is C7H10O3. The minimum absolute atomic E-state index is 0.0603. The standard InChI is InChI=1S/C7H10O3/c1-3-5-10-6(4-2)7(8)9/h1,6H,4-5H2,2H3,(H,8,9)/t6-/m0/s1. The van der Waals surface area contributed by atoms with Gasteiger partial charge in [0.15, 0.2) is 6.10 Å². The maximum atomic E-state index is 10.2. The van der Waals surface area contributed by atoms with E-state index >= 15 is 0 Å². The first-order valence-electron chi connectivity index (χ1n) is 3.00. The molecule has 0 aliphatic heterocycles. The summed E-state index contributed by atoms with van der Waals surface area (Å²) in [7, 11) is 0. The second kappa shape index (κ2) is 4.83. The van der Waals surface area contributed by atoms with Crippen LogP contribution in [0.2, 0.25) is 0 Å². The summed E-state index contributed by atoms with van der Waals surface area (Å²) in [6, 6.07) is 0. The Balaban J connectivity index is 3.63. The van der Waals surface area contributed by atoms with Crippen LogP contribution in [0.5, 0.6) is 0 Å². The number of hydrogen-bond acceptors (Lipinski definition) is 2. The van der Waals surface area contributed by atoms with E-state index in [1.165, 1.54) is 0 Å². The van der Waals surface area contributed by atoms with Crippen LogP contribution >= 0.6 is 0 Å². The van der Waals surface area contributed by atoms with Crippen molar-refractivity contribution in [3.05, 3.63) is 0 Å². The summed E-state index contributed by atoms with van der Waals surface area (Å²) in [5.74, 6) is 1.24. The molecule has 3 heteroatoms. The third kappa shape index (κ3) is 3.10. The molecule has 0 saturated heterocycles. The van der Waals surface area contributed by atoms with Gasteiger partial charge in [-0.3, -0.25) is 0 Å². The van der Waals surface area contributed by atoms with E-state index in [0.717, 1.165) is 0 Å². The quantitative estimate of drug-likeness (QED) is 0.581. The summed E-state index contributed by atoms with van der Waals surface area (Å²) in [5.41, 5.74) is 0. The molecule has 0 spiro atoms. The Bertz CT molecular complexity index is 145. The molecule has 0 aromatic rings. The van der Waals surface area contributed by atoms with Crippen molar-refractivity contribution in [3.63, 3.8) is 0 Å². The molecule has 0 aromatic carbocycles. The Morgan fingerprint density at radius 2 is 2.50 bits per heavy atom. The van der Waals surface area contributed by atoms with Crippen molar-refractivity contribution in [2.24, 2.45) is 0 Å². The third-order valence-electron chi connectivity index (χ3n) is 1.01. The van der Waals surface area contributed by atoms with Gasteiger partial charge in [-0.1, -0.05) is 12.8 Å². The lowest BCUT2D eigenvalue weighted by Crippen LogP contribution is -2.22. The summed E-state index contributed by atoms with van der Waals surface area (Å²) in [6.07, 6.45) is 4.55. The maximum absolute atomic E-state index is 10.2. The largest absolute Gasteiger partial charge is 0.479 e. The van der Waals surface area contributed by atoms with Gasteiger partial charge >= 0.3 is 5.97 Å². The minimum atomic E-state index is -0.960. The van der Waals surface area contributed by atoms with Gasteiger partial charge in [0.05, 0.1) is 0 Å². The van der Waals surface area contributed by atoms with Crippen molar-refractivity contribution < 1.29 is 14.6 Å². The van der Waals surface area contributed by atoms with Crippen molar-refractivity contribution in [3.8, 4) is 12.3 Å². The smallest absolute Gasteiger partial charge is 0.332 e. The molecule has 1 atom stereocenters. The molecule has 0 amide bonds. The Morgan fingerprint density at radius 3 is 2.80 bits per heavy atom. The normalized spacial score (nSPS) is 12.0. The number of carboxylic acid groups (broad SMARTS) is 1. The summed E-state index contributed by atoms with van der Waals surface area (Å²) >= 11 is 0. The molecule has 1 N–H and O–H groups in total. The van der Waals surface area contributed by atoms with Crippen LogP contribution in [0.3, 0.4) is 0 Å². The van der Waals surface area contributed by atoms with Gasteiger partial charge in [0.1, 0.15) is 6.61 Å². The van der Waals surface area contributed by atoms with E-state index in [2.05, 4.69) is 5.92 Å². The van der Waals surface area contributed by atoms with Crippen LogP contribution < -0.4 is 0 Å². The third-order valence-corrected chi connectivity index (χ3v) is 1.01. The highest BCUT2D eigenvalue weighted by molar-refractivity contribution is 5.72. The molecule has 56 valence electrons. The molecule has 0 bridgehead atoms. The topological polar surface area (TPSA) is 46.5 Å². The Morgan fingerprint density at radius 1 is 1.90 bits per heavy atom. The zero-order chi connectivity index (χ0) is 7.98. The molecular weight excluding hydrogens is 132 g/mol. The zero-order valence-corrected chi connectivity index (χ0v) is 5.83. The van der Waals surface area contributed by atoms with Crippen molar-refractivity contribution in [2.75, 3.05) is 6.61 Å². The predicted octanol–water partition coefficient (Wildman–Crippen LogP) is 0.499. The van der Waals surface area contributed by atoms with Crippen LogP contribution in [0.4, 0.5) is 0 Å². The zero-order valence-electron chi connectivity index (χ0n) is 5.83. The summed E-state index contributed by atoms with van der Waals surface area (Å²) in [4.78, 5) is 10.2. The second-order valence-corrected chi connectivity index (χ2v) is 1.75. The van der Waals surface area contributed by atoms with Gasteiger partial charge in [0.25, 0.3) is 0 Å². The molecule has 0 aliphatic carbocycles. The van der Waals surface area contributed by atoms with Crippen molar-refractivity contribution in [1.29, 1.82) is 0 Å². The number of carbonyl (C=O) groups is 1. The minimum Gasteiger partial charge on any atom is -0.479 e. The fraction of sp³-hybridized carbons (Fsp3) is 0.571. The van der Waals surface area contributed by atoms with Gasteiger partial charge in [-0.05, 0) is 6.42 Å². The van der Waals surface area contributed by atoms with E-state index < -0.39 is 12.1 Å². The van der Waals surface area contributed by atoms with Crippen molar-refractivity contribution in [2.45, 2.75) is 19.4 Å². The first-order valence-corrected chi connectivity index (χ1v) is 3.00. The lowest BCUT2D eigenvalue weighted by Gasteiger charge is -2.07. The summed E-state index contributed by atoms with van der Waals surface area (Å²) in [6.45, 7) is 1.79. The van der Waals surface area contributed by atoms with Crippen molar-refractivity contribution >= 4 is 5.97 Å². The van der Waals surface area contributed by atoms with Crippen LogP contribution in [0.25, 0.3) is 0 Å². The van der Waals surface area contributed by atoms with E-state index in [4.69, 9.17) is 16.3 Å². The van der Waals surface area contributed by atoms with Gasteiger partial charge in [0, 0.05) is 0 Å². The number of rotatable bonds is 4. The number of ether oxygens (including phenoxy) is 1. The molecule has 3 nitrogen and oxygen atoms in total. The van der Waals surface area contributed by atoms with Gasteiger partial charge in [-0.2, -0.15) is 0 Å². The predicted molar refractivity (Wildman–Crippen MR) is 36.5 cm³/mol. The molecule has 0 fully saturated rings. The molecule has 10 heavy (non-hydrogen) atoms. The number of aliphatic carboxylic acids is 1. The molecule has 0 radical (unpaired) electrons. The van der Waals surface area contributed by atoms with E-state index in [1.54, 1.807) is 6.92 Å². The summed E-state index contributed by atoms with van der Waals surface area (Å²) in [5, 5.41) is 8.41. The highest BCUT2D eigenvalue weighted by Crippen LogP contribution is 1.96. The monoisotopic (exact) mass is 142 g/mol. The summed E-state index contributed by atoms with van der Waals surface area (Å²) < 4.78 is 4.77. The van der Waals surface area contributed by atoms with Crippen LogP contribution in [0.1, 0.15) is 13.3 Å². The Labute approximate surface area is 60.0 Å². The van der Waals surface area contributed by atoms with Crippen molar-refractivity contribution in [1.82, 2.24) is 0 Å². The van der Waals surface area contributed by atoms with Gasteiger partial charge in [-0.25, -0.2) is 4.79 Å². The SMILES string of the molecule is C#CCO[C@@H](CC)C(=O)O. The number of hydrogen-bond donors (Lipinski definition) is 1. The fourth-order valence-corrected chi connectivity index (χ4v) is 0.512. The first kappa shape index (κ1) is 8.99. The van der Waals surface area contributed by atoms with Crippen LogP contribution in [-0.2, 0) is 9.53 Å². The van der Waals surface area contributed by atoms with E-state index in [9.17, 15) is 4.79 Å². The Kier molecular flexibility index (Phi) is 4.34. The molecule has 0 saturated carbocycles.